The molecule has 234 valence electrons. The van der Waals surface area contributed by atoms with E-state index in [2.05, 4.69) is 167 Å². The van der Waals surface area contributed by atoms with Crippen molar-refractivity contribution in [3.8, 4) is 5.69 Å². The van der Waals surface area contributed by atoms with Gasteiger partial charge in [-0.2, -0.15) is 0 Å². The Balaban J connectivity index is 1.28. The highest BCUT2D eigenvalue weighted by Crippen LogP contribution is 2.49. The number of para-hydroxylation sites is 4. The van der Waals surface area contributed by atoms with Crippen molar-refractivity contribution in [2.45, 2.75) is 0 Å². The van der Waals surface area contributed by atoms with Crippen LogP contribution >= 0.6 is 11.3 Å². The fourth-order valence-corrected chi connectivity index (χ4v) is 9.17. The lowest BCUT2D eigenvalue weighted by molar-refractivity contribution is 0.669. The van der Waals surface area contributed by atoms with Gasteiger partial charge < -0.3 is 13.9 Å². The minimum absolute atomic E-state index is 0.887. The largest absolute Gasteiger partial charge is 0.456 e. The molecule has 0 N–H and O–H groups in total. The number of fused-ring (bicyclic) bond motifs is 10. The Morgan fingerprint density at radius 2 is 1.14 bits per heavy atom. The van der Waals surface area contributed by atoms with Crippen LogP contribution in [0.5, 0.6) is 0 Å². The molecule has 0 saturated heterocycles. The van der Waals surface area contributed by atoms with Crippen LogP contribution in [0.4, 0.5) is 17.1 Å². The van der Waals surface area contributed by atoms with Gasteiger partial charge in [0.05, 0.1) is 27.1 Å². The Morgan fingerprint density at radius 1 is 0.460 bits per heavy atom. The maximum atomic E-state index is 6.31. The number of thiophene rings is 1. The van der Waals surface area contributed by atoms with Crippen molar-refractivity contribution < 1.29 is 4.42 Å². The standard InChI is InChI=1S/C46H28N2OS/c1-2-14-31(15-3-1)48-39-20-8-6-16-33(39)35-18-10-21-40(45(35)48)47(32-24-25-43-37(28-32)34-17-7-9-23-42(34)49-43)41-22-11-19-36-38-26-29-12-4-5-13-30(29)27-44(38)50-46(36)41/h1-28H. The maximum absolute atomic E-state index is 6.31. The number of hydrogen-bond acceptors (Lipinski definition) is 3. The fourth-order valence-electron chi connectivity index (χ4n) is 7.93. The smallest absolute Gasteiger partial charge is 0.135 e. The van der Waals surface area contributed by atoms with Crippen LogP contribution in [0.15, 0.2) is 174 Å². The molecule has 0 amide bonds. The molecular formula is C46H28N2OS. The summed E-state index contributed by atoms with van der Waals surface area (Å²) in [4.78, 5) is 2.47. The lowest BCUT2D eigenvalue weighted by Crippen LogP contribution is -2.11. The molecule has 4 heteroatoms. The topological polar surface area (TPSA) is 21.3 Å². The lowest BCUT2D eigenvalue weighted by atomic mass is 10.0. The van der Waals surface area contributed by atoms with E-state index in [1.807, 2.05) is 23.5 Å². The summed E-state index contributed by atoms with van der Waals surface area (Å²) < 4.78 is 11.3. The van der Waals surface area contributed by atoms with E-state index in [4.69, 9.17) is 4.42 Å². The molecule has 3 nitrogen and oxygen atoms in total. The Bertz CT molecular complexity index is 3110. The highest BCUT2D eigenvalue weighted by Gasteiger charge is 2.24. The first kappa shape index (κ1) is 27.6. The zero-order valence-electron chi connectivity index (χ0n) is 26.9. The molecule has 0 aliphatic heterocycles. The third kappa shape index (κ3) is 3.97. The van der Waals surface area contributed by atoms with Gasteiger partial charge >= 0.3 is 0 Å². The number of anilines is 3. The third-order valence-electron chi connectivity index (χ3n) is 10.1. The second-order valence-electron chi connectivity index (χ2n) is 12.9. The number of hydrogen-bond donors (Lipinski definition) is 0. The summed E-state index contributed by atoms with van der Waals surface area (Å²) in [5.41, 5.74) is 8.62. The van der Waals surface area contributed by atoms with Gasteiger partial charge in [-0.25, -0.2) is 0 Å². The molecule has 0 aliphatic carbocycles. The molecule has 50 heavy (non-hydrogen) atoms. The highest BCUT2D eigenvalue weighted by molar-refractivity contribution is 7.26. The Hall–Kier alpha value is -6.36. The summed E-state index contributed by atoms with van der Waals surface area (Å²) in [6, 6.07) is 61.3. The van der Waals surface area contributed by atoms with E-state index in [-0.39, 0.29) is 0 Å². The number of aromatic nitrogens is 1. The van der Waals surface area contributed by atoms with Crippen molar-refractivity contribution in [2.24, 2.45) is 0 Å². The van der Waals surface area contributed by atoms with Gasteiger partial charge in [0.2, 0.25) is 0 Å². The SMILES string of the molecule is c1ccc(-n2c3ccccc3c3cccc(N(c4ccc5oc6ccccc6c5c4)c4cccc5c4sc4cc6ccccc6cc45)c32)cc1. The van der Waals surface area contributed by atoms with E-state index in [9.17, 15) is 0 Å². The van der Waals surface area contributed by atoms with Crippen molar-refractivity contribution >= 4 is 103 Å². The van der Waals surface area contributed by atoms with E-state index >= 15 is 0 Å². The van der Waals surface area contributed by atoms with Gasteiger partial charge in [-0.3, -0.25) is 0 Å². The van der Waals surface area contributed by atoms with E-state index in [1.54, 1.807) is 0 Å². The predicted molar refractivity (Wildman–Crippen MR) is 213 cm³/mol. The van der Waals surface area contributed by atoms with Gasteiger partial charge in [0, 0.05) is 48.4 Å². The molecule has 0 atom stereocenters. The van der Waals surface area contributed by atoms with E-state index in [1.165, 1.54) is 52.8 Å². The Kier molecular flexibility index (Phi) is 5.83. The summed E-state index contributed by atoms with van der Waals surface area (Å²) in [7, 11) is 0. The lowest BCUT2D eigenvalue weighted by Gasteiger charge is -2.27. The molecule has 0 fully saturated rings. The van der Waals surface area contributed by atoms with Gasteiger partial charge in [0.25, 0.3) is 0 Å². The maximum Gasteiger partial charge on any atom is 0.135 e. The van der Waals surface area contributed by atoms with Gasteiger partial charge in [-0.05, 0) is 77.5 Å². The van der Waals surface area contributed by atoms with Gasteiger partial charge in [-0.15, -0.1) is 11.3 Å². The normalized spacial score (nSPS) is 12.0. The first-order valence-electron chi connectivity index (χ1n) is 16.9. The van der Waals surface area contributed by atoms with Crippen LogP contribution in [-0.4, -0.2) is 4.57 Å². The van der Waals surface area contributed by atoms with Crippen molar-refractivity contribution in [3.05, 3.63) is 170 Å². The monoisotopic (exact) mass is 656 g/mol. The van der Waals surface area contributed by atoms with Gasteiger partial charge in [0.1, 0.15) is 11.2 Å². The molecule has 0 bridgehead atoms. The summed E-state index contributed by atoms with van der Waals surface area (Å²) in [6.07, 6.45) is 0. The number of furan rings is 1. The highest BCUT2D eigenvalue weighted by atomic mass is 32.1. The van der Waals surface area contributed by atoms with Crippen LogP contribution in [0.1, 0.15) is 0 Å². The molecule has 11 rings (SSSR count). The third-order valence-corrected chi connectivity index (χ3v) is 11.3. The van der Waals surface area contributed by atoms with Gasteiger partial charge in [-0.1, -0.05) is 103 Å². The summed E-state index contributed by atoms with van der Waals surface area (Å²) in [5.74, 6) is 0. The summed E-state index contributed by atoms with van der Waals surface area (Å²) in [5, 5.41) is 9.76. The van der Waals surface area contributed by atoms with E-state index < -0.39 is 0 Å². The summed E-state index contributed by atoms with van der Waals surface area (Å²) in [6.45, 7) is 0. The van der Waals surface area contributed by atoms with E-state index in [0.29, 0.717) is 0 Å². The molecule has 0 saturated carbocycles. The molecule has 8 aromatic carbocycles. The second kappa shape index (κ2) is 10.6. The number of benzene rings is 8. The summed E-state index contributed by atoms with van der Waals surface area (Å²) >= 11 is 1.87. The number of rotatable bonds is 4. The number of nitrogens with zero attached hydrogens (tertiary/aromatic N) is 2. The zero-order chi connectivity index (χ0) is 32.8. The fraction of sp³-hybridized carbons (Fsp3) is 0. The average molecular weight is 657 g/mol. The second-order valence-corrected chi connectivity index (χ2v) is 14.0. The van der Waals surface area contributed by atoms with Crippen LogP contribution in [-0.2, 0) is 0 Å². The molecule has 0 unspecified atom stereocenters. The molecule has 3 aromatic heterocycles. The quantitative estimate of drug-likeness (QED) is 0.188. The van der Waals surface area contributed by atoms with Crippen LogP contribution in [0, 0.1) is 0 Å². The molecule has 0 aliphatic rings. The molecule has 3 heterocycles. The molecule has 0 spiro atoms. The Morgan fingerprint density at radius 3 is 2.02 bits per heavy atom. The van der Waals surface area contributed by atoms with Crippen LogP contribution in [0.25, 0.3) is 80.4 Å². The first-order chi connectivity index (χ1) is 24.8. The van der Waals surface area contributed by atoms with E-state index in [0.717, 1.165) is 44.7 Å². The molecule has 0 radical (unpaired) electrons. The minimum atomic E-state index is 0.887. The van der Waals surface area contributed by atoms with Crippen LogP contribution in [0.3, 0.4) is 0 Å². The van der Waals surface area contributed by atoms with Crippen LogP contribution in [0.2, 0.25) is 0 Å². The van der Waals surface area contributed by atoms with Crippen LogP contribution < -0.4 is 4.90 Å². The van der Waals surface area contributed by atoms with Crippen molar-refractivity contribution in [3.63, 3.8) is 0 Å². The van der Waals surface area contributed by atoms with Gasteiger partial charge in [0.15, 0.2) is 0 Å². The zero-order valence-corrected chi connectivity index (χ0v) is 27.7. The van der Waals surface area contributed by atoms with Crippen molar-refractivity contribution in [1.82, 2.24) is 4.57 Å². The predicted octanol–water partition coefficient (Wildman–Crippen LogP) is 13.7. The minimum Gasteiger partial charge on any atom is -0.456 e. The first-order valence-corrected chi connectivity index (χ1v) is 17.7. The average Bonchev–Trinajstić information content (AvgIpc) is 3.84. The molecular weight excluding hydrogens is 629 g/mol. The molecule has 11 aromatic rings. The Labute approximate surface area is 291 Å². The van der Waals surface area contributed by atoms with Crippen molar-refractivity contribution in [1.29, 1.82) is 0 Å². The van der Waals surface area contributed by atoms with Crippen molar-refractivity contribution in [2.75, 3.05) is 4.90 Å².